The predicted molar refractivity (Wildman–Crippen MR) is 165 cm³/mol. The SMILES string of the molecule is CCc1ccccc1N(CC(=O)N(CCc1ccccc1)[C@H](CC)C(=O)NC(C)(C)C)S(=O)(=O)c1ccc(C)cc1. The topological polar surface area (TPSA) is 86.8 Å². The summed E-state index contributed by atoms with van der Waals surface area (Å²) in [6.07, 6.45) is 1.51. The number of rotatable bonds is 12. The van der Waals surface area contributed by atoms with Crippen LogP contribution in [0.5, 0.6) is 0 Å². The summed E-state index contributed by atoms with van der Waals surface area (Å²) in [7, 11) is -4.10. The fourth-order valence-corrected chi connectivity index (χ4v) is 6.20. The molecule has 3 aromatic rings. The number of hydrogen-bond donors (Lipinski definition) is 1. The highest BCUT2D eigenvalue weighted by Crippen LogP contribution is 2.28. The highest BCUT2D eigenvalue weighted by atomic mass is 32.2. The molecule has 0 aliphatic carbocycles. The summed E-state index contributed by atoms with van der Waals surface area (Å²) in [5, 5.41) is 3.00. The maximum Gasteiger partial charge on any atom is 0.264 e. The van der Waals surface area contributed by atoms with Crippen LogP contribution in [0.1, 0.15) is 57.7 Å². The average Bonchev–Trinajstić information content (AvgIpc) is 2.93. The Kier molecular flexibility index (Phi) is 10.7. The van der Waals surface area contributed by atoms with Gasteiger partial charge in [0.05, 0.1) is 10.6 Å². The van der Waals surface area contributed by atoms with Crippen molar-refractivity contribution in [1.82, 2.24) is 10.2 Å². The lowest BCUT2D eigenvalue weighted by molar-refractivity contribution is -0.140. The van der Waals surface area contributed by atoms with Crippen LogP contribution in [-0.2, 0) is 32.5 Å². The molecule has 0 aliphatic heterocycles. The van der Waals surface area contributed by atoms with Crippen molar-refractivity contribution >= 4 is 27.5 Å². The van der Waals surface area contributed by atoms with Gasteiger partial charge < -0.3 is 10.2 Å². The highest BCUT2D eigenvalue weighted by Gasteiger charge is 2.34. The van der Waals surface area contributed by atoms with Gasteiger partial charge in [-0.3, -0.25) is 13.9 Å². The van der Waals surface area contributed by atoms with Gasteiger partial charge in [0, 0.05) is 12.1 Å². The van der Waals surface area contributed by atoms with Crippen LogP contribution in [0.25, 0.3) is 0 Å². The maximum absolute atomic E-state index is 14.2. The molecule has 0 aromatic heterocycles. The lowest BCUT2D eigenvalue weighted by Gasteiger charge is -2.35. The first kappa shape index (κ1) is 31.9. The standard InChI is InChI=1S/C33H43N3O4S/c1-7-27-16-12-13-17-30(27)36(41(39,40)28-20-18-25(3)19-21-28)24-31(37)35(23-22-26-14-10-9-11-15-26)29(8-2)32(38)34-33(4,5)6/h9-21,29H,7-8,22-24H2,1-6H3,(H,34,38)/t29-/m1/s1. The molecular formula is C33H43N3O4S. The molecule has 0 saturated carbocycles. The van der Waals surface area contributed by atoms with Crippen LogP contribution in [0.15, 0.2) is 83.8 Å². The molecule has 3 rings (SSSR count). The van der Waals surface area contributed by atoms with Crippen LogP contribution in [0, 0.1) is 6.92 Å². The molecule has 3 aromatic carbocycles. The first-order valence-corrected chi connectivity index (χ1v) is 15.6. The molecular weight excluding hydrogens is 534 g/mol. The van der Waals surface area contributed by atoms with E-state index in [2.05, 4.69) is 5.32 Å². The zero-order valence-electron chi connectivity index (χ0n) is 25.1. The molecule has 41 heavy (non-hydrogen) atoms. The van der Waals surface area contributed by atoms with E-state index in [0.717, 1.165) is 16.7 Å². The van der Waals surface area contributed by atoms with Crippen LogP contribution in [0.4, 0.5) is 5.69 Å². The smallest absolute Gasteiger partial charge is 0.264 e. The largest absolute Gasteiger partial charge is 0.350 e. The van der Waals surface area contributed by atoms with E-state index in [1.807, 2.05) is 84.0 Å². The van der Waals surface area contributed by atoms with E-state index in [1.54, 1.807) is 41.3 Å². The van der Waals surface area contributed by atoms with Gasteiger partial charge in [-0.1, -0.05) is 80.1 Å². The van der Waals surface area contributed by atoms with E-state index in [9.17, 15) is 18.0 Å². The quantitative estimate of drug-likeness (QED) is 0.307. The van der Waals surface area contributed by atoms with E-state index in [0.29, 0.717) is 24.9 Å². The lowest BCUT2D eigenvalue weighted by atomic mass is 10.1. The van der Waals surface area contributed by atoms with Gasteiger partial charge in [0.2, 0.25) is 11.8 Å². The fourth-order valence-electron chi connectivity index (χ4n) is 4.75. The predicted octanol–water partition coefficient (Wildman–Crippen LogP) is 5.52. The second-order valence-corrected chi connectivity index (χ2v) is 13.2. The van der Waals surface area contributed by atoms with E-state index in [4.69, 9.17) is 0 Å². The minimum absolute atomic E-state index is 0.107. The van der Waals surface area contributed by atoms with Gasteiger partial charge in [0.25, 0.3) is 10.0 Å². The Labute approximate surface area is 245 Å². The second-order valence-electron chi connectivity index (χ2n) is 11.3. The molecule has 2 amide bonds. The van der Waals surface area contributed by atoms with Crippen LogP contribution in [0.2, 0.25) is 0 Å². The Hall–Kier alpha value is -3.65. The zero-order valence-corrected chi connectivity index (χ0v) is 25.9. The number of sulfonamides is 1. The molecule has 0 saturated heterocycles. The number of amides is 2. The Morgan fingerprint density at radius 2 is 1.49 bits per heavy atom. The Bertz CT molecular complexity index is 1410. The summed E-state index contributed by atoms with van der Waals surface area (Å²) in [5.41, 5.74) is 2.74. The van der Waals surface area contributed by atoms with Crippen LogP contribution in [0.3, 0.4) is 0 Å². The Morgan fingerprint density at radius 1 is 0.878 bits per heavy atom. The lowest BCUT2D eigenvalue weighted by Crippen LogP contribution is -2.56. The molecule has 1 N–H and O–H groups in total. The van der Waals surface area contributed by atoms with E-state index in [-0.39, 0.29) is 17.3 Å². The molecule has 0 fully saturated rings. The average molecular weight is 578 g/mol. The van der Waals surface area contributed by atoms with Crippen molar-refractivity contribution in [3.63, 3.8) is 0 Å². The minimum Gasteiger partial charge on any atom is -0.350 e. The van der Waals surface area contributed by atoms with Gasteiger partial charge in [-0.05, 0) is 76.3 Å². The summed E-state index contributed by atoms with van der Waals surface area (Å²) in [6, 6.07) is 22.8. The molecule has 0 spiro atoms. The molecule has 0 aliphatic rings. The normalized spacial score (nSPS) is 12.4. The Morgan fingerprint density at radius 3 is 2.07 bits per heavy atom. The van der Waals surface area contributed by atoms with Crippen molar-refractivity contribution in [3.8, 4) is 0 Å². The van der Waals surface area contributed by atoms with Crippen LogP contribution < -0.4 is 9.62 Å². The van der Waals surface area contributed by atoms with Crippen LogP contribution in [-0.4, -0.2) is 49.8 Å². The summed E-state index contributed by atoms with van der Waals surface area (Å²) in [5.74, 6) is -0.693. The van der Waals surface area contributed by atoms with Gasteiger partial charge in [-0.2, -0.15) is 0 Å². The minimum atomic E-state index is -4.10. The number of carbonyl (C=O) groups excluding carboxylic acids is 2. The van der Waals surface area contributed by atoms with E-state index >= 15 is 0 Å². The molecule has 0 bridgehead atoms. The maximum atomic E-state index is 14.2. The molecule has 7 nitrogen and oxygen atoms in total. The van der Waals surface area contributed by atoms with Gasteiger partial charge >= 0.3 is 0 Å². The zero-order chi connectivity index (χ0) is 30.2. The molecule has 220 valence electrons. The molecule has 0 heterocycles. The number of aryl methyl sites for hydroxylation is 2. The van der Waals surface area contributed by atoms with E-state index in [1.165, 1.54) is 4.31 Å². The van der Waals surface area contributed by atoms with Gasteiger partial charge in [-0.15, -0.1) is 0 Å². The van der Waals surface area contributed by atoms with Crippen LogP contribution >= 0.6 is 0 Å². The number of benzene rings is 3. The van der Waals surface area contributed by atoms with Crippen molar-refractivity contribution in [1.29, 1.82) is 0 Å². The van der Waals surface area contributed by atoms with Crippen molar-refractivity contribution in [2.24, 2.45) is 0 Å². The third kappa shape index (κ3) is 8.43. The number of anilines is 1. The summed E-state index contributed by atoms with van der Waals surface area (Å²) in [6.45, 7) is 11.2. The number of nitrogens with zero attached hydrogens (tertiary/aromatic N) is 2. The van der Waals surface area contributed by atoms with Crippen molar-refractivity contribution in [3.05, 3.63) is 95.6 Å². The number of para-hydroxylation sites is 1. The number of carbonyl (C=O) groups is 2. The van der Waals surface area contributed by atoms with Crippen molar-refractivity contribution in [2.45, 2.75) is 77.3 Å². The van der Waals surface area contributed by atoms with Gasteiger partial charge in [0.15, 0.2) is 0 Å². The van der Waals surface area contributed by atoms with E-state index < -0.39 is 34.1 Å². The Balaban J connectivity index is 2.06. The number of hydrogen-bond acceptors (Lipinski definition) is 4. The summed E-state index contributed by atoms with van der Waals surface area (Å²) in [4.78, 5) is 29.3. The van der Waals surface area contributed by atoms with Crippen molar-refractivity contribution < 1.29 is 18.0 Å². The third-order valence-electron chi connectivity index (χ3n) is 6.90. The first-order chi connectivity index (χ1) is 19.4. The molecule has 0 radical (unpaired) electrons. The summed E-state index contributed by atoms with van der Waals surface area (Å²) < 4.78 is 29.4. The monoisotopic (exact) mass is 577 g/mol. The highest BCUT2D eigenvalue weighted by molar-refractivity contribution is 7.92. The number of nitrogens with one attached hydrogen (secondary N) is 1. The van der Waals surface area contributed by atoms with Gasteiger partial charge in [-0.25, -0.2) is 8.42 Å². The molecule has 0 unspecified atom stereocenters. The second kappa shape index (κ2) is 13.8. The summed E-state index contributed by atoms with van der Waals surface area (Å²) >= 11 is 0. The first-order valence-electron chi connectivity index (χ1n) is 14.2. The molecule has 8 heteroatoms. The third-order valence-corrected chi connectivity index (χ3v) is 8.67. The van der Waals surface area contributed by atoms with Gasteiger partial charge in [0.1, 0.15) is 12.6 Å². The molecule has 1 atom stereocenters. The van der Waals surface area contributed by atoms with Crippen molar-refractivity contribution in [2.75, 3.05) is 17.4 Å². The fraction of sp³-hybridized carbons (Fsp3) is 0.394.